The molecular formula is C33H33N3O. The summed E-state index contributed by atoms with van der Waals surface area (Å²) in [5.74, 6) is 0.521. The van der Waals surface area contributed by atoms with E-state index in [1.165, 1.54) is 27.7 Å². The molecule has 0 saturated carbocycles. The third-order valence-corrected chi connectivity index (χ3v) is 8.27. The van der Waals surface area contributed by atoms with Crippen LogP contribution in [0.15, 0.2) is 96.6 Å². The first-order valence-corrected chi connectivity index (χ1v) is 13.2. The lowest BCUT2D eigenvalue weighted by molar-refractivity contribution is -0.116. The van der Waals surface area contributed by atoms with Crippen molar-refractivity contribution in [1.29, 1.82) is 0 Å². The van der Waals surface area contributed by atoms with Crippen LogP contribution >= 0.6 is 0 Å². The second-order valence-electron chi connectivity index (χ2n) is 10.6. The number of piperidine rings is 1. The van der Waals surface area contributed by atoms with Gasteiger partial charge in [0.2, 0.25) is 0 Å². The van der Waals surface area contributed by atoms with E-state index in [9.17, 15) is 4.79 Å². The van der Waals surface area contributed by atoms with Gasteiger partial charge in [-0.2, -0.15) is 0 Å². The van der Waals surface area contributed by atoms with E-state index in [1.807, 2.05) is 41.3 Å². The fraction of sp³-hybridized carbons (Fsp3) is 0.242. The van der Waals surface area contributed by atoms with Crippen LogP contribution in [0.25, 0.3) is 16.8 Å². The van der Waals surface area contributed by atoms with Gasteiger partial charge in [0, 0.05) is 47.2 Å². The van der Waals surface area contributed by atoms with Crippen LogP contribution in [0.5, 0.6) is 0 Å². The van der Waals surface area contributed by atoms with E-state index in [0.717, 1.165) is 11.3 Å². The van der Waals surface area contributed by atoms with Crippen LogP contribution in [0.1, 0.15) is 37.8 Å². The number of anilines is 3. The molecule has 2 aliphatic heterocycles. The van der Waals surface area contributed by atoms with Gasteiger partial charge in [0.1, 0.15) is 0 Å². The zero-order valence-corrected chi connectivity index (χ0v) is 21.6. The Morgan fingerprint density at radius 1 is 0.811 bits per heavy atom. The molecule has 4 heteroatoms. The van der Waals surface area contributed by atoms with Gasteiger partial charge in [0.15, 0.2) is 0 Å². The number of para-hydroxylation sites is 1. The van der Waals surface area contributed by atoms with Gasteiger partial charge < -0.3 is 15.5 Å². The lowest BCUT2D eigenvalue weighted by Gasteiger charge is -2.36. The van der Waals surface area contributed by atoms with Gasteiger partial charge in [0.05, 0.1) is 0 Å². The van der Waals surface area contributed by atoms with Gasteiger partial charge >= 0.3 is 0 Å². The van der Waals surface area contributed by atoms with Gasteiger partial charge in [-0.1, -0.05) is 68.4 Å². The Balaban J connectivity index is 1.36. The minimum absolute atomic E-state index is 0.00324. The predicted molar refractivity (Wildman–Crippen MR) is 154 cm³/mol. The van der Waals surface area contributed by atoms with Crippen LogP contribution in [0.2, 0.25) is 0 Å². The Hall–Kier alpha value is -3.89. The highest BCUT2D eigenvalue weighted by Gasteiger charge is 2.36. The summed E-state index contributed by atoms with van der Waals surface area (Å²) in [5.41, 5.74) is 12.9. The van der Waals surface area contributed by atoms with E-state index < -0.39 is 0 Å². The second kappa shape index (κ2) is 9.20. The number of rotatable bonds is 3. The fourth-order valence-corrected chi connectivity index (χ4v) is 5.91. The SMILES string of the molecule is CC1CN(c2ccccc2)C(=O)C(=Cc2ccc3c(c2)C(C)C(C)N3c2ccc3ccccc3c2)C1N. The summed E-state index contributed by atoms with van der Waals surface area (Å²) >= 11 is 0. The normalized spacial score (nSPS) is 24.6. The highest BCUT2D eigenvalue weighted by atomic mass is 16.2. The molecule has 0 bridgehead atoms. The molecule has 6 rings (SSSR count). The smallest absolute Gasteiger partial charge is 0.255 e. The molecule has 4 aromatic rings. The molecule has 1 fully saturated rings. The van der Waals surface area contributed by atoms with Gasteiger partial charge in [-0.15, -0.1) is 0 Å². The Morgan fingerprint density at radius 3 is 2.32 bits per heavy atom. The van der Waals surface area contributed by atoms with E-state index in [0.29, 0.717) is 24.1 Å². The van der Waals surface area contributed by atoms with E-state index in [-0.39, 0.29) is 17.9 Å². The summed E-state index contributed by atoms with van der Waals surface area (Å²) in [6.07, 6.45) is 2.01. The quantitative estimate of drug-likeness (QED) is 0.321. The largest absolute Gasteiger partial charge is 0.338 e. The first-order valence-electron chi connectivity index (χ1n) is 13.2. The summed E-state index contributed by atoms with van der Waals surface area (Å²) in [4.78, 5) is 17.9. The predicted octanol–water partition coefficient (Wildman–Crippen LogP) is 6.88. The average Bonchev–Trinajstić information content (AvgIpc) is 3.18. The number of carbonyl (C=O) groups excluding carboxylic acids is 1. The van der Waals surface area contributed by atoms with Crippen molar-refractivity contribution >= 4 is 39.8 Å². The maximum atomic E-state index is 13.6. The number of fused-ring (bicyclic) bond motifs is 2. The van der Waals surface area contributed by atoms with Gasteiger partial charge in [-0.3, -0.25) is 4.79 Å². The molecule has 0 spiro atoms. The van der Waals surface area contributed by atoms with Crippen molar-refractivity contribution in [3.8, 4) is 0 Å². The number of nitrogens with two attached hydrogens (primary N) is 1. The van der Waals surface area contributed by atoms with Crippen LogP contribution in [0.4, 0.5) is 17.1 Å². The summed E-state index contributed by atoms with van der Waals surface area (Å²) in [7, 11) is 0. The third-order valence-electron chi connectivity index (χ3n) is 8.27. The molecule has 186 valence electrons. The van der Waals surface area contributed by atoms with Crippen molar-refractivity contribution < 1.29 is 4.79 Å². The maximum absolute atomic E-state index is 13.6. The number of hydrogen-bond acceptors (Lipinski definition) is 3. The first kappa shape index (κ1) is 23.5. The van der Waals surface area contributed by atoms with E-state index in [4.69, 9.17) is 5.73 Å². The molecular weight excluding hydrogens is 454 g/mol. The molecule has 0 aliphatic carbocycles. The van der Waals surface area contributed by atoms with Crippen LogP contribution in [-0.2, 0) is 4.79 Å². The molecule has 37 heavy (non-hydrogen) atoms. The van der Waals surface area contributed by atoms with Crippen molar-refractivity contribution in [1.82, 2.24) is 0 Å². The standard InChI is InChI=1S/C33H33N3O/c1-21-20-35(27-11-5-4-6-12-27)33(37)30(32(21)34)18-24-13-16-31-29(17-24)22(2)23(3)36(31)28-15-14-25-9-7-8-10-26(25)19-28/h4-19,21-23,32H,20,34H2,1-3H3. The summed E-state index contributed by atoms with van der Waals surface area (Å²) in [5, 5.41) is 2.50. The van der Waals surface area contributed by atoms with E-state index in [1.54, 1.807) is 0 Å². The summed E-state index contributed by atoms with van der Waals surface area (Å²) in [6.45, 7) is 7.33. The van der Waals surface area contributed by atoms with Crippen molar-refractivity contribution in [2.75, 3.05) is 16.3 Å². The molecule has 2 heterocycles. The monoisotopic (exact) mass is 487 g/mol. The van der Waals surface area contributed by atoms with Crippen molar-refractivity contribution in [2.45, 2.75) is 38.8 Å². The fourth-order valence-electron chi connectivity index (χ4n) is 5.91. The molecule has 2 N–H and O–H groups in total. The Kier molecular flexibility index (Phi) is 5.85. The third kappa shape index (κ3) is 4.02. The minimum atomic E-state index is -0.286. The number of amides is 1. The van der Waals surface area contributed by atoms with Gasteiger partial charge in [-0.05, 0) is 77.2 Å². The summed E-state index contributed by atoms with van der Waals surface area (Å²) < 4.78 is 0. The second-order valence-corrected chi connectivity index (χ2v) is 10.6. The van der Waals surface area contributed by atoms with Crippen LogP contribution in [0, 0.1) is 5.92 Å². The van der Waals surface area contributed by atoms with Gasteiger partial charge in [0.25, 0.3) is 5.91 Å². The molecule has 1 amide bonds. The topological polar surface area (TPSA) is 49.6 Å². The Labute approximate surface area is 219 Å². The lowest BCUT2D eigenvalue weighted by atomic mass is 9.87. The lowest BCUT2D eigenvalue weighted by Crippen LogP contribution is -2.51. The van der Waals surface area contributed by atoms with Crippen LogP contribution in [-0.4, -0.2) is 24.5 Å². The van der Waals surface area contributed by atoms with E-state index in [2.05, 4.69) is 86.3 Å². The van der Waals surface area contributed by atoms with Crippen molar-refractivity contribution in [3.63, 3.8) is 0 Å². The first-order chi connectivity index (χ1) is 17.9. The average molecular weight is 488 g/mol. The minimum Gasteiger partial charge on any atom is -0.338 e. The number of hydrogen-bond donors (Lipinski definition) is 1. The molecule has 0 aromatic heterocycles. The van der Waals surface area contributed by atoms with Crippen LogP contribution < -0.4 is 15.5 Å². The maximum Gasteiger partial charge on any atom is 0.255 e. The molecule has 0 radical (unpaired) electrons. The molecule has 4 aromatic carbocycles. The van der Waals surface area contributed by atoms with Gasteiger partial charge in [-0.25, -0.2) is 0 Å². The molecule has 4 atom stereocenters. The Bertz CT molecular complexity index is 1510. The molecule has 4 unspecified atom stereocenters. The van der Waals surface area contributed by atoms with Crippen molar-refractivity contribution in [2.24, 2.45) is 11.7 Å². The Morgan fingerprint density at radius 2 is 1.54 bits per heavy atom. The highest BCUT2D eigenvalue weighted by molar-refractivity contribution is 6.10. The van der Waals surface area contributed by atoms with Crippen LogP contribution in [0.3, 0.4) is 0 Å². The highest BCUT2D eigenvalue weighted by Crippen LogP contribution is 2.46. The summed E-state index contributed by atoms with van der Waals surface area (Å²) in [6, 6.07) is 31.7. The van der Waals surface area contributed by atoms with Crippen molar-refractivity contribution in [3.05, 3.63) is 108 Å². The zero-order valence-electron chi connectivity index (χ0n) is 21.6. The van der Waals surface area contributed by atoms with E-state index >= 15 is 0 Å². The molecule has 4 nitrogen and oxygen atoms in total. The number of carbonyl (C=O) groups is 1. The number of nitrogens with zero attached hydrogens (tertiary/aromatic N) is 2. The number of benzene rings is 4. The molecule has 2 aliphatic rings. The molecule has 1 saturated heterocycles. The zero-order chi connectivity index (χ0) is 25.7.